The van der Waals surface area contributed by atoms with Crippen LogP contribution in [0, 0.1) is 12.7 Å². The zero-order chi connectivity index (χ0) is 26.8. The highest BCUT2D eigenvalue weighted by Gasteiger charge is 2.35. The molecule has 0 aliphatic carbocycles. The van der Waals surface area contributed by atoms with Crippen molar-refractivity contribution in [1.29, 1.82) is 0 Å². The number of rotatable bonds is 6. The Hall–Kier alpha value is -3.19. The molecule has 2 amide bonds. The normalized spacial score (nSPS) is 14.7. The molecule has 0 saturated carbocycles. The van der Waals surface area contributed by atoms with Crippen molar-refractivity contribution in [1.82, 2.24) is 9.80 Å². The highest BCUT2D eigenvalue weighted by atomic mass is 35.5. The van der Waals surface area contributed by atoms with Gasteiger partial charge in [0.15, 0.2) is 0 Å². The summed E-state index contributed by atoms with van der Waals surface area (Å²) in [5.41, 5.74) is 4.08. The van der Waals surface area contributed by atoms with Crippen LogP contribution in [-0.2, 0) is 17.8 Å². The Bertz CT molecular complexity index is 1470. The number of benzene rings is 3. The monoisotopic (exact) mass is 566 g/mol. The summed E-state index contributed by atoms with van der Waals surface area (Å²) in [7, 11) is 0. The van der Waals surface area contributed by atoms with Crippen LogP contribution in [0.1, 0.15) is 43.5 Å². The quantitative estimate of drug-likeness (QED) is 0.245. The van der Waals surface area contributed by atoms with Gasteiger partial charge in [-0.2, -0.15) is 0 Å². The van der Waals surface area contributed by atoms with E-state index < -0.39 is 0 Å². The van der Waals surface area contributed by atoms with Crippen LogP contribution in [0.5, 0.6) is 0 Å². The molecule has 1 unspecified atom stereocenters. The van der Waals surface area contributed by atoms with Crippen molar-refractivity contribution in [2.24, 2.45) is 0 Å². The van der Waals surface area contributed by atoms with Crippen LogP contribution in [-0.4, -0.2) is 34.7 Å². The van der Waals surface area contributed by atoms with E-state index in [1.807, 2.05) is 36.6 Å². The van der Waals surface area contributed by atoms with Crippen molar-refractivity contribution in [3.8, 4) is 0 Å². The van der Waals surface area contributed by atoms with E-state index in [9.17, 15) is 14.0 Å². The number of carbonyl (C=O) groups is 2. The Kier molecular flexibility index (Phi) is 7.84. The molecule has 0 fully saturated rings. The number of hydrogen-bond acceptors (Lipinski definition) is 3. The van der Waals surface area contributed by atoms with E-state index in [1.54, 1.807) is 52.6 Å². The lowest BCUT2D eigenvalue weighted by Gasteiger charge is -2.38. The Labute approximate surface area is 235 Å². The van der Waals surface area contributed by atoms with Gasteiger partial charge in [0.25, 0.3) is 5.91 Å². The van der Waals surface area contributed by atoms with Crippen molar-refractivity contribution < 1.29 is 14.0 Å². The zero-order valence-electron chi connectivity index (χ0n) is 20.7. The van der Waals surface area contributed by atoms with Gasteiger partial charge in [0.2, 0.25) is 5.91 Å². The van der Waals surface area contributed by atoms with E-state index in [0.29, 0.717) is 22.2 Å². The number of nitrogens with zero attached hydrogens (tertiary/aromatic N) is 2. The van der Waals surface area contributed by atoms with Crippen LogP contribution >= 0.6 is 34.5 Å². The van der Waals surface area contributed by atoms with Gasteiger partial charge < -0.3 is 9.80 Å². The van der Waals surface area contributed by atoms with Gasteiger partial charge in [0.05, 0.1) is 6.04 Å². The molecule has 0 radical (unpaired) electrons. The Morgan fingerprint density at radius 1 is 1.00 bits per heavy atom. The SMILES string of the molecule is Cc1ccc(C(=O)N(CC(=O)N2CCc3sccc3C2c2ccc(Cl)cc2Cl)Cc2ccc(F)cc2)cc1. The highest BCUT2D eigenvalue weighted by molar-refractivity contribution is 7.10. The molecule has 1 aromatic heterocycles. The number of thiophene rings is 1. The van der Waals surface area contributed by atoms with Gasteiger partial charge in [-0.3, -0.25) is 9.59 Å². The second kappa shape index (κ2) is 11.3. The first kappa shape index (κ1) is 26.4. The van der Waals surface area contributed by atoms with E-state index in [-0.39, 0.29) is 36.8 Å². The molecule has 1 aliphatic heterocycles. The molecule has 2 heterocycles. The second-order valence-electron chi connectivity index (χ2n) is 9.36. The van der Waals surface area contributed by atoms with Crippen LogP contribution in [0.4, 0.5) is 4.39 Å². The summed E-state index contributed by atoms with van der Waals surface area (Å²) in [5.74, 6) is -0.818. The van der Waals surface area contributed by atoms with E-state index >= 15 is 0 Å². The molecule has 1 aliphatic rings. The predicted octanol–water partition coefficient (Wildman–Crippen LogP) is 7.32. The van der Waals surface area contributed by atoms with Crippen molar-refractivity contribution in [2.75, 3.05) is 13.1 Å². The van der Waals surface area contributed by atoms with E-state index in [0.717, 1.165) is 28.7 Å². The lowest BCUT2D eigenvalue weighted by atomic mass is 9.93. The van der Waals surface area contributed by atoms with Crippen molar-refractivity contribution in [3.63, 3.8) is 0 Å². The Morgan fingerprint density at radius 2 is 1.74 bits per heavy atom. The summed E-state index contributed by atoms with van der Waals surface area (Å²) >= 11 is 14.4. The van der Waals surface area contributed by atoms with Crippen LogP contribution in [0.15, 0.2) is 78.2 Å². The van der Waals surface area contributed by atoms with E-state index in [4.69, 9.17) is 23.2 Å². The van der Waals surface area contributed by atoms with E-state index in [1.165, 1.54) is 21.9 Å². The standard InChI is InChI=1S/C30H25Cl2FN2O2S/c1-19-2-6-21(7-3-19)30(37)34(17-20-4-9-23(33)10-5-20)18-28(36)35-14-12-27-25(13-15-38-27)29(35)24-11-8-22(31)16-26(24)32/h2-11,13,15-16,29H,12,14,17-18H2,1H3. The second-order valence-corrected chi connectivity index (χ2v) is 11.2. The maximum absolute atomic E-state index is 13.9. The largest absolute Gasteiger partial charge is 0.330 e. The van der Waals surface area contributed by atoms with Gasteiger partial charge in [-0.25, -0.2) is 4.39 Å². The van der Waals surface area contributed by atoms with E-state index in [2.05, 4.69) is 0 Å². The molecule has 4 nitrogen and oxygen atoms in total. The number of amides is 2. The Morgan fingerprint density at radius 3 is 2.45 bits per heavy atom. The topological polar surface area (TPSA) is 40.6 Å². The number of carbonyl (C=O) groups excluding carboxylic acids is 2. The average Bonchev–Trinajstić information content (AvgIpc) is 3.38. The molecule has 0 spiro atoms. The predicted molar refractivity (Wildman–Crippen MR) is 150 cm³/mol. The van der Waals surface area contributed by atoms with Crippen molar-refractivity contribution in [2.45, 2.75) is 25.9 Å². The number of hydrogen-bond donors (Lipinski definition) is 0. The molecule has 1 atom stereocenters. The molecule has 194 valence electrons. The van der Waals surface area contributed by atoms with Crippen LogP contribution < -0.4 is 0 Å². The average molecular weight is 568 g/mol. The fourth-order valence-electron chi connectivity index (χ4n) is 4.79. The molecular formula is C30H25Cl2FN2O2S. The fraction of sp³-hybridized carbons (Fsp3) is 0.200. The van der Waals surface area contributed by atoms with Gasteiger partial charge in [0.1, 0.15) is 12.4 Å². The molecule has 0 N–H and O–H groups in total. The molecule has 0 saturated heterocycles. The first-order valence-electron chi connectivity index (χ1n) is 12.2. The summed E-state index contributed by atoms with van der Waals surface area (Å²) in [4.78, 5) is 32.1. The van der Waals surface area contributed by atoms with Crippen molar-refractivity contribution >= 4 is 46.4 Å². The maximum Gasteiger partial charge on any atom is 0.254 e. The summed E-state index contributed by atoms with van der Waals surface area (Å²) in [6, 6.07) is 20.2. The third-order valence-corrected chi connectivity index (χ3v) is 8.30. The van der Waals surface area contributed by atoms with Gasteiger partial charge in [0, 0.05) is 33.6 Å². The minimum Gasteiger partial charge on any atom is -0.330 e. The minimum atomic E-state index is -0.385. The van der Waals surface area contributed by atoms with Crippen molar-refractivity contribution in [3.05, 3.63) is 127 Å². The molecule has 8 heteroatoms. The van der Waals surface area contributed by atoms with Gasteiger partial charge >= 0.3 is 0 Å². The van der Waals surface area contributed by atoms with Crippen LogP contribution in [0.3, 0.4) is 0 Å². The Balaban J connectivity index is 1.47. The molecule has 0 bridgehead atoms. The third kappa shape index (κ3) is 5.63. The first-order valence-corrected chi connectivity index (χ1v) is 13.8. The number of aryl methyl sites for hydroxylation is 1. The summed E-state index contributed by atoms with van der Waals surface area (Å²) in [5, 5.41) is 3.03. The fourth-order valence-corrected chi connectivity index (χ4v) is 6.20. The summed E-state index contributed by atoms with van der Waals surface area (Å²) < 4.78 is 13.5. The van der Waals surface area contributed by atoms with Gasteiger partial charge in [-0.15, -0.1) is 11.3 Å². The number of fused-ring (bicyclic) bond motifs is 1. The summed E-state index contributed by atoms with van der Waals surface area (Å²) in [6.07, 6.45) is 0.727. The van der Waals surface area contributed by atoms with Gasteiger partial charge in [-0.1, -0.05) is 59.1 Å². The third-order valence-electron chi connectivity index (χ3n) is 6.74. The first-order chi connectivity index (χ1) is 18.3. The lowest BCUT2D eigenvalue weighted by molar-refractivity contribution is -0.134. The zero-order valence-corrected chi connectivity index (χ0v) is 23.0. The smallest absolute Gasteiger partial charge is 0.254 e. The van der Waals surface area contributed by atoms with Gasteiger partial charge in [-0.05, 0) is 77.9 Å². The molecular weight excluding hydrogens is 542 g/mol. The summed E-state index contributed by atoms with van der Waals surface area (Å²) in [6.45, 7) is 2.48. The highest BCUT2D eigenvalue weighted by Crippen LogP contribution is 2.41. The van der Waals surface area contributed by atoms with Crippen LogP contribution in [0.2, 0.25) is 10.0 Å². The lowest BCUT2D eigenvalue weighted by Crippen LogP contribution is -2.46. The molecule has 3 aromatic carbocycles. The van der Waals surface area contributed by atoms with Crippen LogP contribution in [0.25, 0.3) is 0 Å². The molecule has 38 heavy (non-hydrogen) atoms. The number of halogens is 3. The minimum absolute atomic E-state index is 0.134. The molecule has 5 rings (SSSR count). The maximum atomic E-state index is 13.9. The molecule has 4 aromatic rings.